The number of ether oxygens (including phenoxy) is 3. The normalized spacial score (nSPS) is 20.5. The van der Waals surface area contributed by atoms with Gasteiger partial charge in [0, 0.05) is 12.5 Å². The smallest absolute Gasteiger partial charge is 0.411 e. The van der Waals surface area contributed by atoms with E-state index in [4.69, 9.17) is 25.2 Å². The number of carbonyl (C=O) groups is 1. The molecule has 0 radical (unpaired) electrons. The molecular weight excluding hydrogens is 417 g/mol. The number of nitrogens with two attached hydrogens (primary N) is 1. The maximum absolute atomic E-state index is 12.5. The van der Waals surface area contributed by atoms with Crippen LogP contribution in [-0.2, 0) is 17.7 Å². The summed E-state index contributed by atoms with van der Waals surface area (Å²) in [5.74, 6) is -0.142. The Balaban J connectivity index is 1.60. The number of benzene rings is 1. The van der Waals surface area contributed by atoms with Gasteiger partial charge in [0.05, 0.1) is 29.9 Å². The van der Waals surface area contributed by atoms with Crippen LogP contribution in [0.1, 0.15) is 39.5 Å². The minimum atomic E-state index is -4.43. The van der Waals surface area contributed by atoms with Gasteiger partial charge in [-0.2, -0.15) is 23.5 Å². The Morgan fingerprint density at radius 2 is 2.16 bits per heavy atom. The second-order valence-electron chi connectivity index (χ2n) is 7.45. The van der Waals surface area contributed by atoms with Gasteiger partial charge in [-0.15, -0.1) is 0 Å². The first kappa shape index (κ1) is 21.0. The van der Waals surface area contributed by atoms with E-state index in [-0.39, 0.29) is 43.7 Å². The van der Waals surface area contributed by atoms with Crippen molar-refractivity contribution in [1.82, 2.24) is 9.78 Å². The number of amides is 1. The molecule has 8 nitrogen and oxygen atoms in total. The number of primary amides is 1. The highest BCUT2D eigenvalue weighted by Crippen LogP contribution is 2.39. The van der Waals surface area contributed by atoms with Gasteiger partial charge in [-0.05, 0) is 36.6 Å². The summed E-state index contributed by atoms with van der Waals surface area (Å²) in [6, 6.07) is 7.17. The molecule has 4 rings (SSSR count). The van der Waals surface area contributed by atoms with Crippen molar-refractivity contribution in [1.29, 1.82) is 5.26 Å². The van der Waals surface area contributed by atoms with E-state index in [1.165, 1.54) is 4.68 Å². The number of hydrogen-bond donors (Lipinski definition) is 1. The topological polar surface area (TPSA) is 112 Å². The molecule has 1 amide bonds. The number of aromatic nitrogens is 2. The molecule has 1 aromatic heterocycles. The van der Waals surface area contributed by atoms with Crippen LogP contribution < -0.4 is 15.2 Å². The molecule has 0 saturated carbocycles. The minimum Gasteiger partial charge on any atom is -0.493 e. The third-order valence-electron chi connectivity index (χ3n) is 5.23. The highest BCUT2D eigenvalue weighted by Gasteiger charge is 2.35. The van der Waals surface area contributed by atoms with Gasteiger partial charge in [-0.1, -0.05) is 0 Å². The molecule has 0 spiro atoms. The Hall–Kier alpha value is -3.26. The zero-order chi connectivity index (χ0) is 22.2. The van der Waals surface area contributed by atoms with Crippen molar-refractivity contribution in [3.63, 3.8) is 0 Å². The fourth-order valence-electron chi connectivity index (χ4n) is 3.83. The van der Waals surface area contributed by atoms with Crippen molar-refractivity contribution in [3.8, 4) is 17.7 Å². The van der Waals surface area contributed by atoms with Crippen molar-refractivity contribution in [2.75, 3.05) is 19.8 Å². The molecule has 164 valence electrons. The fourth-order valence-corrected chi connectivity index (χ4v) is 3.83. The summed E-state index contributed by atoms with van der Waals surface area (Å²) in [4.78, 5) is 12.0. The van der Waals surface area contributed by atoms with Crippen molar-refractivity contribution in [2.24, 2.45) is 5.73 Å². The fraction of sp³-hybridized carbons (Fsp3) is 0.450. The zero-order valence-electron chi connectivity index (χ0n) is 16.3. The Kier molecular flexibility index (Phi) is 5.49. The van der Waals surface area contributed by atoms with E-state index in [9.17, 15) is 18.0 Å². The lowest BCUT2D eigenvalue weighted by atomic mass is 9.89. The molecule has 31 heavy (non-hydrogen) atoms. The van der Waals surface area contributed by atoms with Crippen LogP contribution in [0.15, 0.2) is 18.2 Å². The number of nitrogens with zero attached hydrogens (tertiary/aromatic N) is 3. The Labute approximate surface area is 175 Å². The number of nitriles is 1. The van der Waals surface area contributed by atoms with Gasteiger partial charge < -0.3 is 19.9 Å². The maximum atomic E-state index is 12.5. The summed E-state index contributed by atoms with van der Waals surface area (Å²) in [6.45, 7) is -1.04. The molecule has 2 aliphatic rings. The van der Waals surface area contributed by atoms with Crippen molar-refractivity contribution < 1.29 is 32.2 Å². The number of hydrogen-bond acceptors (Lipinski definition) is 6. The average Bonchev–Trinajstić information content (AvgIpc) is 2.98. The van der Waals surface area contributed by atoms with Gasteiger partial charge in [0.1, 0.15) is 19.0 Å². The molecule has 11 heteroatoms. The number of fused-ring (bicyclic) bond motifs is 2. The summed E-state index contributed by atoms with van der Waals surface area (Å²) in [7, 11) is 0. The van der Waals surface area contributed by atoms with Crippen LogP contribution in [0.3, 0.4) is 0 Å². The Bertz CT molecular complexity index is 1040. The predicted octanol–water partition coefficient (Wildman–Crippen LogP) is 2.30. The highest BCUT2D eigenvalue weighted by atomic mass is 19.4. The standard InChI is InChI=1S/C20H19F3N4O4/c21-20(22,23)10-31-14-3-4-27-19(30-9-14)16(17(26-27)18(25)28)13-6-12-5-11(7-24)1-2-15(12)29-8-13/h1-2,5,13-14H,3-4,6,8-10H2,(H2,25,28)/t13-,14?/m0/s1. The molecule has 3 heterocycles. The van der Waals surface area contributed by atoms with Gasteiger partial charge in [-0.25, -0.2) is 4.68 Å². The lowest BCUT2D eigenvalue weighted by Crippen LogP contribution is -2.28. The lowest BCUT2D eigenvalue weighted by molar-refractivity contribution is -0.188. The summed E-state index contributed by atoms with van der Waals surface area (Å²) >= 11 is 0. The summed E-state index contributed by atoms with van der Waals surface area (Å²) < 4.78 is 55.4. The third-order valence-corrected chi connectivity index (χ3v) is 5.23. The molecule has 1 aromatic carbocycles. The number of halogens is 3. The molecule has 2 N–H and O–H groups in total. The largest absolute Gasteiger partial charge is 0.493 e. The first-order valence-electron chi connectivity index (χ1n) is 9.62. The van der Waals surface area contributed by atoms with Gasteiger partial charge in [-0.3, -0.25) is 4.79 Å². The quantitative estimate of drug-likeness (QED) is 0.787. The third kappa shape index (κ3) is 4.44. The molecule has 0 bridgehead atoms. The summed E-state index contributed by atoms with van der Waals surface area (Å²) in [5, 5.41) is 13.4. The molecule has 2 aliphatic heterocycles. The van der Waals surface area contributed by atoms with Gasteiger partial charge >= 0.3 is 6.18 Å². The van der Waals surface area contributed by atoms with E-state index in [0.29, 0.717) is 23.3 Å². The second kappa shape index (κ2) is 8.11. The Morgan fingerprint density at radius 1 is 1.35 bits per heavy atom. The van der Waals surface area contributed by atoms with E-state index < -0.39 is 24.8 Å². The van der Waals surface area contributed by atoms with Crippen LogP contribution in [0.2, 0.25) is 0 Å². The number of alkyl halides is 3. The SMILES string of the molecule is N#Cc1ccc2c(c1)C[C@H](c1c(C(N)=O)nn3c1OCC(OCC(F)(F)F)CC3)CO2. The van der Waals surface area contributed by atoms with Gasteiger partial charge in [0.2, 0.25) is 5.88 Å². The summed E-state index contributed by atoms with van der Waals surface area (Å²) in [5.41, 5.74) is 7.30. The van der Waals surface area contributed by atoms with Crippen LogP contribution in [-0.4, -0.2) is 47.8 Å². The first-order valence-corrected chi connectivity index (χ1v) is 9.62. The van der Waals surface area contributed by atoms with Crippen LogP contribution in [0.4, 0.5) is 13.2 Å². The van der Waals surface area contributed by atoms with E-state index in [2.05, 4.69) is 11.2 Å². The number of aryl methyl sites for hydroxylation is 1. The maximum Gasteiger partial charge on any atom is 0.411 e. The molecule has 2 aromatic rings. The van der Waals surface area contributed by atoms with Crippen molar-refractivity contribution >= 4 is 5.91 Å². The van der Waals surface area contributed by atoms with Crippen LogP contribution >= 0.6 is 0 Å². The van der Waals surface area contributed by atoms with E-state index in [0.717, 1.165) is 5.56 Å². The highest BCUT2D eigenvalue weighted by molar-refractivity contribution is 5.93. The molecule has 0 saturated heterocycles. The van der Waals surface area contributed by atoms with E-state index in [1.807, 2.05) is 0 Å². The molecule has 1 unspecified atom stereocenters. The van der Waals surface area contributed by atoms with Crippen LogP contribution in [0, 0.1) is 11.3 Å². The monoisotopic (exact) mass is 436 g/mol. The molecule has 0 fully saturated rings. The second-order valence-corrected chi connectivity index (χ2v) is 7.45. The molecule has 2 atom stereocenters. The number of rotatable bonds is 4. The average molecular weight is 436 g/mol. The van der Waals surface area contributed by atoms with Gasteiger partial charge in [0.25, 0.3) is 5.91 Å². The van der Waals surface area contributed by atoms with Crippen LogP contribution in [0.5, 0.6) is 11.6 Å². The van der Waals surface area contributed by atoms with Crippen molar-refractivity contribution in [3.05, 3.63) is 40.6 Å². The van der Waals surface area contributed by atoms with E-state index in [1.54, 1.807) is 18.2 Å². The lowest BCUT2D eigenvalue weighted by Gasteiger charge is -2.26. The zero-order valence-corrected chi connectivity index (χ0v) is 16.3. The Morgan fingerprint density at radius 3 is 2.87 bits per heavy atom. The van der Waals surface area contributed by atoms with Crippen LogP contribution in [0.25, 0.3) is 0 Å². The van der Waals surface area contributed by atoms with E-state index >= 15 is 0 Å². The number of carbonyl (C=O) groups excluding carboxylic acids is 1. The van der Waals surface area contributed by atoms with Crippen molar-refractivity contribution in [2.45, 2.75) is 37.6 Å². The predicted molar refractivity (Wildman–Crippen MR) is 99.7 cm³/mol. The molecular formula is C20H19F3N4O4. The first-order chi connectivity index (χ1) is 14.7. The van der Waals surface area contributed by atoms with Gasteiger partial charge in [0.15, 0.2) is 5.69 Å². The minimum absolute atomic E-state index is 0.0400. The summed E-state index contributed by atoms with van der Waals surface area (Å²) in [6.07, 6.45) is -4.51. The molecule has 0 aliphatic carbocycles.